The maximum Gasteiger partial charge on any atom is 0.329 e. The first-order valence-electron chi connectivity index (χ1n) is 6.17. The molecule has 2 aromatic rings. The van der Waals surface area contributed by atoms with E-state index in [0.29, 0.717) is 0 Å². The molecule has 2 N–H and O–H groups in total. The third kappa shape index (κ3) is 2.98. The minimum absolute atomic E-state index is 0.197. The van der Waals surface area contributed by atoms with Gasteiger partial charge in [0.2, 0.25) is 0 Å². The number of nitrogens with one attached hydrogen (secondary N) is 2. The summed E-state index contributed by atoms with van der Waals surface area (Å²) >= 11 is 1.37. The van der Waals surface area contributed by atoms with Crippen molar-refractivity contribution in [3.05, 3.63) is 35.5 Å². The molecule has 0 unspecified atom stereocenters. The van der Waals surface area contributed by atoms with E-state index in [2.05, 4.69) is 15.0 Å². The lowest BCUT2D eigenvalue weighted by Gasteiger charge is -2.13. The Morgan fingerprint density at radius 1 is 1.42 bits per heavy atom. The quantitative estimate of drug-likeness (QED) is 0.841. The van der Waals surface area contributed by atoms with Crippen molar-refractivity contribution < 1.29 is 4.79 Å². The van der Waals surface area contributed by atoms with E-state index in [1.165, 1.54) is 11.9 Å². The SMILES string of the molecule is CCSNC(=O)Nc1cc(C)c2ncccc2c1C. The Morgan fingerprint density at radius 3 is 2.95 bits per heavy atom. The summed E-state index contributed by atoms with van der Waals surface area (Å²) in [7, 11) is 0. The third-order valence-corrected chi connectivity index (χ3v) is 3.53. The summed E-state index contributed by atoms with van der Waals surface area (Å²) in [5.74, 6) is 0.840. The maximum absolute atomic E-state index is 11.7. The van der Waals surface area contributed by atoms with Crippen molar-refractivity contribution in [3.8, 4) is 0 Å². The van der Waals surface area contributed by atoms with E-state index >= 15 is 0 Å². The molecule has 0 saturated heterocycles. The summed E-state index contributed by atoms with van der Waals surface area (Å²) in [4.78, 5) is 16.1. The van der Waals surface area contributed by atoms with E-state index in [-0.39, 0.29) is 6.03 Å². The molecule has 0 fully saturated rings. The zero-order valence-corrected chi connectivity index (χ0v) is 12.1. The van der Waals surface area contributed by atoms with Gasteiger partial charge < -0.3 is 5.32 Å². The Hall–Kier alpha value is -1.75. The molecule has 1 aromatic heterocycles. The summed E-state index contributed by atoms with van der Waals surface area (Å²) < 4.78 is 2.73. The first-order chi connectivity index (χ1) is 9.13. The van der Waals surface area contributed by atoms with E-state index in [1.54, 1.807) is 6.20 Å². The second kappa shape index (κ2) is 5.93. The molecule has 5 heteroatoms. The van der Waals surface area contributed by atoms with E-state index in [1.807, 2.05) is 39.0 Å². The summed E-state index contributed by atoms with van der Waals surface area (Å²) in [6.07, 6.45) is 1.78. The van der Waals surface area contributed by atoms with Crippen LogP contribution in [0.2, 0.25) is 0 Å². The standard InChI is InChI=1S/C14H17N3OS/c1-4-19-17-14(18)16-12-8-9(2)13-11(10(12)3)6-5-7-15-13/h5-8H,4H2,1-3H3,(H2,16,17,18). The van der Waals surface area contributed by atoms with Crippen LogP contribution in [0.4, 0.5) is 10.5 Å². The molecule has 4 nitrogen and oxygen atoms in total. The largest absolute Gasteiger partial charge is 0.329 e. The molecule has 0 aliphatic rings. The summed E-state index contributed by atoms with van der Waals surface area (Å²) in [5.41, 5.74) is 3.89. The van der Waals surface area contributed by atoms with Gasteiger partial charge in [0.25, 0.3) is 0 Å². The van der Waals surface area contributed by atoms with Gasteiger partial charge in [-0.1, -0.05) is 13.0 Å². The van der Waals surface area contributed by atoms with Crippen LogP contribution in [-0.2, 0) is 0 Å². The number of benzene rings is 1. The fourth-order valence-corrected chi connectivity index (χ4v) is 2.30. The number of carbonyl (C=O) groups excluding carboxylic acids is 1. The van der Waals surface area contributed by atoms with Gasteiger partial charge in [0.1, 0.15) is 0 Å². The van der Waals surface area contributed by atoms with Gasteiger partial charge in [0.05, 0.1) is 5.52 Å². The average Bonchev–Trinajstić information content (AvgIpc) is 2.42. The first-order valence-corrected chi connectivity index (χ1v) is 7.15. The molecule has 2 rings (SSSR count). The van der Waals surface area contributed by atoms with Crippen molar-refractivity contribution >= 4 is 34.6 Å². The molecule has 0 aliphatic heterocycles. The third-order valence-electron chi connectivity index (χ3n) is 2.91. The lowest BCUT2D eigenvalue weighted by molar-refractivity contribution is 0.257. The molecule has 0 bridgehead atoms. The molecule has 19 heavy (non-hydrogen) atoms. The molecule has 0 aliphatic carbocycles. The minimum Gasteiger partial charge on any atom is -0.307 e. The highest BCUT2D eigenvalue weighted by atomic mass is 32.2. The number of anilines is 1. The second-order valence-electron chi connectivity index (χ2n) is 4.25. The van der Waals surface area contributed by atoms with Crippen LogP contribution in [0.1, 0.15) is 18.1 Å². The Kier molecular flexibility index (Phi) is 4.27. The van der Waals surface area contributed by atoms with E-state index in [4.69, 9.17) is 0 Å². The molecule has 1 heterocycles. The van der Waals surface area contributed by atoms with Crippen LogP contribution in [0.3, 0.4) is 0 Å². The highest BCUT2D eigenvalue weighted by molar-refractivity contribution is 7.97. The molecule has 0 radical (unpaired) electrons. The smallest absolute Gasteiger partial charge is 0.307 e. The number of aryl methyl sites for hydroxylation is 2. The van der Waals surface area contributed by atoms with Crippen LogP contribution in [0.15, 0.2) is 24.4 Å². The number of hydrogen-bond acceptors (Lipinski definition) is 3. The topological polar surface area (TPSA) is 54.0 Å². The summed E-state index contributed by atoms with van der Waals surface area (Å²) in [6.45, 7) is 5.98. The Bertz CT molecular complexity index is 613. The Morgan fingerprint density at radius 2 is 2.21 bits per heavy atom. The van der Waals surface area contributed by atoms with Crippen molar-refractivity contribution in [1.82, 2.24) is 9.71 Å². The van der Waals surface area contributed by atoms with Gasteiger partial charge >= 0.3 is 6.03 Å². The van der Waals surface area contributed by atoms with Crippen LogP contribution < -0.4 is 10.0 Å². The van der Waals surface area contributed by atoms with Gasteiger partial charge in [-0.15, -0.1) is 0 Å². The van der Waals surface area contributed by atoms with Gasteiger partial charge in [0.15, 0.2) is 0 Å². The van der Waals surface area contributed by atoms with Crippen molar-refractivity contribution in [2.45, 2.75) is 20.8 Å². The van der Waals surface area contributed by atoms with Crippen LogP contribution in [0, 0.1) is 13.8 Å². The zero-order chi connectivity index (χ0) is 13.8. The van der Waals surface area contributed by atoms with E-state index in [0.717, 1.165) is 33.5 Å². The maximum atomic E-state index is 11.7. The Labute approximate surface area is 117 Å². The number of urea groups is 1. The normalized spacial score (nSPS) is 10.5. The van der Waals surface area contributed by atoms with Crippen molar-refractivity contribution in [3.63, 3.8) is 0 Å². The molecular formula is C14H17N3OS. The van der Waals surface area contributed by atoms with Crippen molar-refractivity contribution in [2.75, 3.05) is 11.1 Å². The van der Waals surface area contributed by atoms with Crippen LogP contribution in [-0.4, -0.2) is 16.8 Å². The number of aromatic nitrogens is 1. The van der Waals surface area contributed by atoms with E-state index in [9.17, 15) is 4.79 Å². The number of fused-ring (bicyclic) bond motifs is 1. The van der Waals surface area contributed by atoms with Gasteiger partial charge in [-0.2, -0.15) is 0 Å². The van der Waals surface area contributed by atoms with Crippen LogP contribution >= 0.6 is 11.9 Å². The van der Waals surface area contributed by atoms with Crippen molar-refractivity contribution in [2.24, 2.45) is 0 Å². The van der Waals surface area contributed by atoms with Gasteiger partial charge in [-0.05, 0) is 49.1 Å². The first kappa shape index (κ1) is 13.7. The predicted octanol–water partition coefficient (Wildman–Crippen LogP) is 3.64. The molecular weight excluding hydrogens is 258 g/mol. The molecule has 100 valence electrons. The van der Waals surface area contributed by atoms with Gasteiger partial charge in [-0.25, -0.2) is 4.79 Å². The zero-order valence-electron chi connectivity index (χ0n) is 11.3. The fraction of sp³-hybridized carbons (Fsp3) is 0.286. The fourth-order valence-electron chi connectivity index (χ4n) is 1.98. The monoisotopic (exact) mass is 275 g/mol. The Balaban J connectivity index is 2.34. The summed E-state index contributed by atoms with van der Waals surface area (Å²) in [5, 5.41) is 3.95. The molecule has 0 saturated carbocycles. The predicted molar refractivity (Wildman–Crippen MR) is 81.5 cm³/mol. The average molecular weight is 275 g/mol. The lowest BCUT2D eigenvalue weighted by atomic mass is 10.0. The van der Waals surface area contributed by atoms with Crippen LogP contribution in [0.5, 0.6) is 0 Å². The number of pyridine rings is 1. The number of amides is 2. The number of rotatable bonds is 3. The van der Waals surface area contributed by atoms with Gasteiger partial charge in [-0.3, -0.25) is 9.71 Å². The minimum atomic E-state index is -0.197. The highest BCUT2D eigenvalue weighted by Crippen LogP contribution is 2.27. The highest BCUT2D eigenvalue weighted by Gasteiger charge is 2.09. The number of carbonyl (C=O) groups is 1. The molecule has 0 spiro atoms. The lowest BCUT2D eigenvalue weighted by Crippen LogP contribution is -2.23. The van der Waals surface area contributed by atoms with Gasteiger partial charge in [0, 0.05) is 23.0 Å². The number of nitrogens with zero attached hydrogens (tertiary/aromatic N) is 1. The molecule has 2 amide bonds. The van der Waals surface area contributed by atoms with E-state index < -0.39 is 0 Å². The second-order valence-corrected chi connectivity index (χ2v) is 5.32. The number of hydrogen-bond donors (Lipinski definition) is 2. The molecule has 1 aromatic carbocycles. The van der Waals surface area contributed by atoms with Crippen LogP contribution in [0.25, 0.3) is 10.9 Å². The summed E-state index contributed by atoms with van der Waals surface area (Å²) in [6, 6.07) is 5.69. The molecule has 0 atom stereocenters. The van der Waals surface area contributed by atoms with Crippen molar-refractivity contribution in [1.29, 1.82) is 0 Å².